The molecule has 2 aromatic carbocycles. The summed E-state index contributed by atoms with van der Waals surface area (Å²) in [6.07, 6.45) is 21.3. The topological polar surface area (TPSA) is 57.2 Å². The van der Waals surface area contributed by atoms with Gasteiger partial charge in [0.1, 0.15) is 10.1 Å². The summed E-state index contributed by atoms with van der Waals surface area (Å²) >= 11 is 0. The Bertz CT molecular complexity index is 940. The van der Waals surface area contributed by atoms with Gasteiger partial charge in [-0.15, -0.1) is 0 Å². The van der Waals surface area contributed by atoms with Gasteiger partial charge in [0.15, 0.2) is 0 Å². The average molecular weight is 527 g/mol. The number of unbranched alkanes of at least 4 members (excludes halogenated alkanes) is 14. The van der Waals surface area contributed by atoms with E-state index in [0.29, 0.717) is 17.4 Å². The minimum atomic E-state index is -4.52. The van der Waals surface area contributed by atoms with E-state index in [-0.39, 0.29) is 56.3 Å². The Hall–Kier alpha value is 0.246. The van der Waals surface area contributed by atoms with Crippen LogP contribution >= 0.6 is 0 Å². The molecule has 2 aromatic rings. The average Bonchev–Trinajstić information content (AvgIpc) is 2.81. The molecule has 0 N–H and O–H groups in total. The van der Waals surface area contributed by atoms with Crippen molar-refractivity contribution in [3.05, 3.63) is 41.5 Å². The van der Waals surface area contributed by atoms with Crippen LogP contribution in [0.5, 0.6) is 0 Å². The normalized spacial score (nSPS) is 11.6. The van der Waals surface area contributed by atoms with Crippen molar-refractivity contribution in [3.63, 3.8) is 0 Å². The van der Waals surface area contributed by atoms with E-state index in [1.807, 2.05) is 24.3 Å². The molecule has 0 aromatic heterocycles. The van der Waals surface area contributed by atoms with Crippen LogP contribution in [-0.2, 0) is 23.0 Å². The van der Waals surface area contributed by atoms with Gasteiger partial charge in [-0.1, -0.05) is 134 Å². The van der Waals surface area contributed by atoms with Crippen LogP contribution in [0.2, 0.25) is 0 Å². The molecule has 0 radical (unpaired) electrons. The van der Waals surface area contributed by atoms with E-state index in [9.17, 15) is 13.0 Å². The van der Waals surface area contributed by atoms with Gasteiger partial charge >= 0.3 is 51.4 Å². The first kappa shape index (κ1) is 33.3. The quantitative estimate of drug-likeness (QED) is 0.126. The van der Waals surface area contributed by atoms with Gasteiger partial charge in [0, 0.05) is 0 Å². The van der Waals surface area contributed by atoms with Crippen molar-refractivity contribution in [1.29, 1.82) is 0 Å². The summed E-state index contributed by atoms with van der Waals surface area (Å²) in [5, 5.41) is 1.55. The molecule has 5 heteroatoms. The Morgan fingerprint density at radius 2 is 1.03 bits per heavy atom. The molecule has 35 heavy (non-hydrogen) atoms. The molecule has 0 aliphatic rings. The third-order valence-corrected chi connectivity index (χ3v) is 8.02. The van der Waals surface area contributed by atoms with Crippen molar-refractivity contribution < 1.29 is 64.4 Å². The van der Waals surface area contributed by atoms with E-state index in [4.69, 9.17) is 0 Å². The SMILES string of the molecule is CCCCCCCCCCc1ccc2c(CCCCCCCCCC)cccc2c1S(=O)(=O)[O-].[K+]. The summed E-state index contributed by atoms with van der Waals surface area (Å²) in [7, 11) is -4.52. The van der Waals surface area contributed by atoms with E-state index < -0.39 is 10.1 Å². The van der Waals surface area contributed by atoms with Crippen molar-refractivity contribution in [1.82, 2.24) is 0 Å². The van der Waals surface area contributed by atoms with Crippen molar-refractivity contribution in [2.45, 2.75) is 134 Å². The summed E-state index contributed by atoms with van der Waals surface area (Å²) in [5.41, 5.74) is 1.85. The number of hydrogen-bond acceptors (Lipinski definition) is 3. The van der Waals surface area contributed by atoms with Gasteiger partial charge in [0.2, 0.25) is 0 Å². The molecule has 0 amide bonds. The Kier molecular flexibility index (Phi) is 18.4. The zero-order valence-electron chi connectivity index (χ0n) is 22.7. The fourth-order valence-corrected chi connectivity index (χ4v) is 5.99. The van der Waals surface area contributed by atoms with Crippen LogP contribution in [0.1, 0.15) is 128 Å². The van der Waals surface area contributed by atoms with Crippen molar-refractivity contribution in [3.8, 4) is 0 Å². The maximum Gasteiger partial charge on any atom is 1.00 e. The Balaban J connectivity index is 0.00000612. The van der Waals surface area contributed by atoms with Gasteiger partial charge in [-0.2, -0.15) is 0 Å². The fraction of sp³-hybridized carbons (Fsp3) is 0.667. The number of benzene rings is 2. The van der Waals surface area contributed by atoms with Gasteiger partial charge < -0.3 is 4.55 Å². The first-order valence-electron chi connectivity index (χ1n) is 14.0. The maximum atomic E-state index is 12.3. The second kappa shape index (κ2) is 19.3. The molecule has 0 saturated heterocycles. The third-order valence-electron chi connectivity index (χ3n) is 7.03. The molecule has 0 atom stereocenters. The predicted octanol–water partition coefficient (Wildman–Crippen LogP) is 6.11. The number of fused-ring (bicyclic) bond motifs is 1. The standard InChI is InChI=1S/C30H48O3S.K/c1-3-5-7-9-11-13-15-17-20-26-22-19-23-29-28(26)25-24-27(30(29)34(31,32)33)21-18-16-14-12-10-8-6-4-2;/h19,22-25H,3-18,20-21H2,1-2H3,(H,31,32,33);/q;+1/p-1. The Morgan fingerprint density at radius 3 is 1.51 bits per heavy atom. The van der Waals surface area contributed by atoms with E-state index in [1.165, 1.54) is 83.5 Å². The van der Waals surface area contributed by atoms with Gasteiger partial charge in [-0.3, -0.25) is 0 Å². The molecular weight excluding hydrogens is 479 g/mol. The molecule has 0 unspecified atom stereocenters. The minimum absolute atomic E-state index is 0. The molecule has 192 valence electrons. The van der Waals surface area contributed by atoms with Crippen LogP contribution in [0.15, 0.2) is 35.2 Å². The third kappa shape index (κ3) is 12.6. The number of aryl methyl sites for hydroxylation is 2. The number of rotatable bonds is 19. The largest absolute Gasteiger partial charge is 1.00 e. The van der Waals surface area contributed by atoms with Gasteiger partial charge in [-0.25, -0.2) is 8.42 Å². The van der Waals surface area contributed by atoms with Gasteiger partial charge in [0.05, 0.1) is 4.90 Å². The molecule has 0 aliphatic carbocycles. The van der Waals surface area contributed by atoms with Crippen LogP contribution < -0.4 is 51.4 Å². The molecule has 3 nitrogen and oxygen atoms in total. The summed E-state index contributed by atoms with van der Waals surface area (Å²) in [5.74, 6) is 0. The van der Waals surface area contributed by atoms with E-state index in [0.717, 1.165) is 36.6 Å². The van der Waals surface area contributed by atoms with Crippen LogP contribution in [0, 0.1) is 0 Å². The van der Waals surface area contributed by atoms with E-state index in [2.05, 4.69) is 19.9 Å². The molecular formula is C30H47KO3S. The second-order valence-electron chi connectivity index (χ2n) is 9.97. The fourth-order valence-electron chi connectivity index (χ4n) is 5.05. The van der Waals surface area contributed by atoms with Crippen LogP contribution in [0.25, 0.3) is 10.8 Å². The van der Waals surface area contributed by atoms with Crippen LogP contribution in [0.4, 0.5) is 0 Å². The van der Waals surface area contributed by atoms with Crippen molar-refractivity contribution in [2.75, 3.05) is 0 Å². The van der Waals surface area contributed by atoms with Gasteiger partial charge in [0.25, 0.3) is 0 Å². The molecule has 0 saturated carbocycles. The molecule has 2 rings (SSSR count). The molecule has 0 fully saturated rings. The van der Waals surface area contributed by atoms with Crippen LogP contribution in [-0.4, -0.2) is 13.0 Å². The van der Waals surface area contributed by atoms with Crippen molar-refractivity contribution in [2.24, 2.45) is 0 Å². The zero-order chi connectivity index (χ0) is 24.7. The molecule has 0 bridgehead atoms. The van der Waals surface area contributed by atoms with E-state index in [1.54, 1.807) is 0 Å². The van der Waals surface area contributed by atoms with Crippen LogP contribution in [0.3, 0.4) is 0 Å². The van der Waals surface area contributed by atoms with Gasteiger partial charge in [-0.05, 0) is 47.6 Å². The minimum Gasteiger partial charge on any atom is -0.744 e. The van der Waals surface area contributed by atoms with E-state index >= 15 is 0 Å². The van der Waals surface area contributed by atoms with Crippen molar-refractivity contribution >= 4 is 20.9 Å². The zero-order valence-corrected chi connectivity index (χ0v) is 26.7. The molecule has 0 heterocycles. The monoisotopic (exact) mass is 526 g/mol. The molecule has 0 aliphatic heterocycles. The first-order chi connectivity index (χ1) is 16.5. The molecule has 0 spiro atoms. The summed E-state index contributed by atoms with van der Waals surface area (Å²) < 4.78 is 36.8. The number of hydrogen-bond donors (Lipinski definition) is 0. The Labute approximate surface area is 258 Å². The Morgan fingerprint density at radius 1 is 0.571 bits per heavy atom. The summed E-state index contributed by atoms with van der Waals surface area (Å²) in [6.45, 7) is 4.47. The smallest absolute Gasteiger partial charge is 0.744 e. The maximum absolute atomic E-state index is 12.3. The second-order valence-corrected chi connectivity index (χ2v) is 11.3. The summed E-state index contributed by atoms with van der Waals surface area (Å²) in [6, 6.07) is 9.75. The first-order valence-corrected chi connectivity index (χ1v) is 15.4. The predicted molar refractivity (Wildman–Crippen MR) is 145 cm³/mol. The summed E-state index contributed by atoms with van der Waals surface area (Å²) in [4.78, 5) is 0.0192.